The average Bonchev–Trinajstić information content (AvgIpc) is 2.58. The summed E-state index contributed by atoms with van der Waals surface area (Å²) in [4.78, 5) is 22.9. The molecule has 0 aliphatic rings. The Morgan fingerprint density at radius 1 is 0.625 bits per heavy atom. The van der Waals surface area contributed by atoms with Gasteiger partial charge in [-0.05, 0) is 38.5 Å². The zero-order valence-corrected chi connectivity index (χ0v) is 14.1. The first-order valence-corrected chi connectivity index (χ1v) is 8.16. The van der Waals surface area contributed by atoms with Gasteiger partial charge in [0.1, 0.15) is 25.4 Å². The van der Waals surface area contributed by atoms with Gasteiger partial charge in [0, 0.05) is 12.8 Å². The molecule has 0 aromatic rings. The van der Waals surface area contributed by atoms with Gasteiger partial charge in [-0.1, -0.05) is 12.8 Å². The van der Waals surface area contributed by atoms with Gasteiger partial charge in [0.15, 0.2) is 0 Å². The second-order valence-corrected chi connectivity index (χ2v) is 4.99. The predicted molar refractivity (Wildman–Crippen MR) is 88.4 cm³/mol. The highest BCUT2D eigenvalue weighted by Gasteiger charge is 2.06. The van der Waals surface area contributed by atoms with Gasteiger partial charge in [-0.2, -0.15) is 0 Å². The number of carbonyl (C=O) groups excluding carboxylic acids is 2. The molecule has 0 atom stereocenters. The maximum absolute atomic E-state index is 11.4. The Hall–Kier alpha value is -2.34. The highest BCUT2D eigenvalue weighted by molar-refractivity contribution is 5.70. The summed E-state index contributed by atoms with van der Waals surface area (Å²) < 4.78 is 19.6. The standard InChI is InChI=1S/C18H26O6/c1-3-21-13-7-9-15-23-17(19)11-5-6-12-18(20)24-16-10-8-14-22-4-2/h1-2H,5-16H2. The lowest BCUT2D eigenvalue weighted by Crippen LogP contribution is -2.08. The molecular formula is C18H26O6. The molecule has 0 amide bonds. The van der Waals surface area contributed by atoms with E-state index >= 15 is 0 Å². The van der Waals surface area contributed by atoms with Gasteiger partial charge in [-0.3, -0.25) is 9.59 Å². The number of terminal acetylenes is 2. The second-order valence-electron chi connectivity index (χ2n) is 4.99. The predicted octanol–water partition coefficient (Wildman–Crippen LogP) is 2.41. The fourth-order valence-electron chi connectivity index (χ4n) is 1.73. The van der Waals surface area contributed by atoms with Crippen LogP contribution in [0.15, 0.2) is 0 Å². The summed E-state index contributed by atoms with van der Waals surface area (Å²) in [7, 11) is 0. The Morgan fingerprint density at radius 3 is 1.38 bits per heavy atom. The van der Waals surface area contributed by atoms with Crippen LogP contribution in [0.2, 0.25) is 0 Å². The minimum Gasteiger partial charge on any atom is -0.466 e. The van der Waals surface area contributed by atoms with Crippen LogP contribution < -0.4 is 0 Å². The van der Waals surface area contributed by atoms with Crippen LogP contribution in [0.4, 0.5) is 0 Å². The second kappa shape index (κ2) is 17.0. The average molecular weight is 338 g/mol. The van der Waals surface area contributed by atoms with Crippen LogP contribution in [0.1, 0.15) is 51.4 Å². The topological polar surface area (TPSA) is 71.1 Å². The van der Waals surface area contributed by atoms with Crippen LogP contribution >= 0.6 is 0 Å². The van der Waals surface area contributed by atoms with Gasteiger partial charge in [-0.15, -0.1) is 0 Å². The van der Waals surface area contributed by atoms with Crippen LogP contribution in [0.5, 0.6) is 0 Å². The molecule has 0 aromatic carbocycles. The molecule has 0 bridgehead atoms. The first-order valence-electron chi connectivity index (χ1n) is 8.16. The summed E-state index contributed by atoms with van der Waals surface area (Å²) >= 11 is 0. The summed E-state index contributed by atoms with van der Waals surface area (Å²) in [6, 6.07) is 0. The molecule has 0 heterocycles. The number of carbonyl (C=O) groups is 2. The van der Waals surface area contributed by atoms with Crippen LogP contribution in [-0.4, -0.2) is 38.4 Å². The molecule has 0 saturated heterocycles. The van der Waals surface area contributed by atoms with Gasteiger partial charge in [0.05, 0.1) is 13.2 Å². The number of unbranched alkanes of at least 4 members (excludes halogenated alkanes) is 3. The lowest BCUT2D eigenvalue weighted by Gasteiger charge is -2.05. The summed E-state index contributed by atoms with van der Waals surface area (Å²) in [6.07, 6.45) is 18.7. The monoisotopic (exact) mass is 338 g/mol. The summed E-state index contributed by atoms with van der Waals surface area (Å²) in [5.41, 5.74) is 0. The van der Waals surface area contributed by atoms with E-state index in [1.807, 2.05) is 0 Å². The lowest BCUT2D eigenvalue weighted by molar-refractivity contribution is -0.146. The highest BCUT2D eigenvalue weighted by Crippen LogP contribution is 2.04. The van der Waals surface area contributed by atoms with E-state index in [4.69, 9.17) is 31.8 Å². The van der Waals surface area contributed by atoms with Gasteiger partial charge >= 0.3 is 11.9 Å². The molecular weight excluding hydrogens is 312 g/mol. The number of esters is 2. The van der Waals surface area contributed by atoms with Crippen molar-refractivity contribution >= 4 is 11.9 Å². The number of hydrogen-bond donors (Lipinski definition) is 0. The maximum Gasteiger partial charge on any atom is 0.305 e. The van der Waals surface area contributed by atoms with E-state index in [2.05, 4.69) is 12.2 Å². The van der Waals surface area contributed by atoms with E-state index in [1.54, 1.807) is 0 Å². The Kier molecular flexibility index (Phi) is 15.4. The van der Waals surface area contributed by atoms with Crippen molar-refractivity contribution in [3.05, 3.63) is 0 Å². The third-order valence-electron chi connectivity index (χ3n) is 2.99. The molecule has 0 rings (SSSR count). The van der Waals surface area contributed by atoms with Crippen molar-refractivity contribution < 1.29 is 28.5 Å². The van der Waals surface area contributed by atoms with Gasteiger partial charge in [-0.25, -0.2) is 0 Å². The minimum absolute atomic E-state index is 0.255. The first-order chi connectivity index (χ1) is 11.7. The van der Waals surface area contributed by atoms with Crippen LogP contribution in [-0.2, 0) is 28.5 Å². The molecule has 0 aliphatic carbocycles. The SMILES string of the molecule is C#COCCCCOC(=O)CCCCC(=O)OCCCCOC#C. The van der Waals surface area contributed by atoms with Crippen LogP contribution in [0.25, 0.3) is 0 Å². The molecule has 134 valence electrons. The van der Waals surface area contributed by atoms with Crippen molar-refractivity contribution in [3.8, 4) is 25.1 Å². The number of ether oxygens (including phenoxy) is 4. The van der Waals surface area contributed by atoms with Crippen molar-refractivity contribution in [2.24, 2.45) is 0 Å². The van der Waals surface area contributed by atoms with Gasteiger partial charge < -0.3 is 18.9 Å². The van der Waals surface area contributed by atoms with Gasteiger partial charge in [0.25, 0.3) is 0 Å². The number of rotatable bonds is 15. The van der Waals surface area contributed by atoms with E-state index in [-0.39, 0.29) is 11.9 Å². The Balaban J connectivity index is 3.35. The Labute approximate surface area is 144 Å². The summed E-state index contributed by atoms with van der Waals surface area (Å²) in [6.45, 7) is 1.65. The van der Waals surface area contributed by atoms with Crippen molar-refractivity contribution in [2.75, 3.05) is 26.4 Å². The fraction of sp³-hybridized carbons (Fsp3) is 0.667. The zero-order chi connectivity index (χ0) is 17.9. The minimum atomic E-state index is -0.255. The third-order valence-corrected chi connectivity index (χ3v) is 2.99. The largest absolute Gasteiger partial charge is 0.466 e. The summed E-state index contributed by atoms with van der Waals surface area (Å²) in [5, 5.41) is 0. The molecule has 0 saturated carbocycles. The molecule has 0 aromatic heterocycles. The van der Waals surface area contributed by atoms with Crippen LogP contribution in [0, 0.1) is 25.1 Å². The maximum atomic E-state index is 11.4. The molecule has 6 nitrogen and oxygen atoms in total. The van der Waals surface area contributed by atoms with E-state index in [9.17, 15) is 9.59 Å². The molecule has 0 radical (unpaired) electrons. The van der Waals surface area contributed by atoms with E-state index in [1.165, 1.54) is 0 Å². The van der Waals surface area contributed by atoms with E-state index in [0.29, 0.717) is 65.0 Å². The first kappa shape index (κ1) is 21.7. The molecule has 0 fully saturated rings. The van der Waals surface area contributed by atoms with Crippen molar-refractivity contribution in [1.82, 2.24) is 0 Å². The summed E-state index contributed by atoms with van der Waals surface area (Å²) in [5.74, 6) is -0.510. The van der Waals surface area contributed by atoms with Crippen molar-refractivity contribution in [2.45, 2.75) is 51.4 Å². The zero-order valence-electron chi connectivity index (χ0n) is 14.1. The van der Waals surface area contributed by atoms with E-state index in [0.717, 1.165) is 12.8 Å². The molecule has 6 heteroatoms. The van der Waals surface area contributed by atoms with Crippen molar-refractivity contribution in [1.29, 1.82) is 0 Å². The highest BCUT2D eigenvalue weighted by atomic mass is 16.5. The fourth-order valence-corrected chi connectivity index (χ4v) is 1.73. The molecule has 0 aliphatic heterocycles. The van der Waals surface area contributed by atoms with Gasteiger partial charge in [0.2, 0.25) is 0 Å². The normalized spacial score (nSPS) is 9.42. The lowest BCUT2D eigenvalue weighted by atomic mass is 10.2. The van der Waals surface area contributed by atoms with E-state index < -0.39 is 0 Å². The van der Waals surface area contributed by atoms with Crippen molar-refractivity contribution in [3.63, 3.8) is 0 Å². The molecule has 0 unspecified atom stereocenters. The Bertz CT molecular complexity index is 378. The smallest absolute Gasteiger partial charge is 0.305 e. The molecule has 0 N–H and O–H groups in total. The Morgan fingerprint density at radius 2 is 1.00 bits per heavy atom. The molecule has 0 spiro atoms. The number of hydrogen-bond acceptors (Lipinski definition) is 6. The van der Waals surface area contributed by atoms with Crippen LogP contribution in [0.3, 0.4) is 0 Å². The quantitative estimate of drug-likeness (QED) is 0.259. The molecule has 24 heavy (non-hydrogen) atoms. The third kappa shape index (κ3) is 16.0.